The van der Waals surface area contributed by atoms with Crippen molar-refractivity contribution < 1.29 is 4.79 Å². The number of nitrogens with zero attached hydrogens (tertiary/aromatic N) is 2. The predicted molar refractivity (Wildman–Crippen MR) is 75.6 cm³/mol. The zero-order chi connectivity index (χ0) is 13.7. The van der Waals surface area contributed by atoms with Crippen molar-refractivity contribution in [3.05, 3.63) is 0 Å². The van der Waals surface area contributed by atoms with Gasteiger partial charge in [0.15, 0.2) is 0 Å². The highest BCUT2D eigenvalue weighted by Crippen LogP contribution is 2.19. The van der Waals surface area contributed by atoms with E-state index in [9.17, 15) is 4.79 Å². The molecule has 1 aliphatic heterocycles. The third-order valence-corrected chi connectivity index (χ3v) is 4.20. The Bertz CT molecular complexity index is 262. The Morgan fingerprint density at radius 2 is 1.94 bits per heavy atom. The van der Waals surface area contributed by atoms with Crippen molar-refractivity contribution in [3.8, 4) is 0 Å². The van der Waals surface area contributed by atoms with Crippen LogP contribution in [0, 0.1) is 5.92 Å². The quantitative estimate of drug-likeness (QED) is 0.801. The minimum Gasteiger partial charge on any atom is -0.345 e. The lowest BCUT2D eigenvalue weighted by molar-refractivity contribution is -0.131. The lowest BCUT2D eigenvalue weighted by Crippen LogP contribution is -2.49. The third-order valence-electron chi connectivity index (χ3n) is 4.20. The molecule has 1 amide bonds. The summed E-state index contributed by atoms with van der Waals surface area (Å²) in [4.78, 5) is 16.2. The van der Waals surface area contributed by atoms with E-state index in [1.807, 2.05) is 20.9 Å². The number of amides is 1. The van der Waals surface area contributed by atoms with E-state index in [4.69, 9.17) is 0 Å². The molecule has 106 valence electrons. The molecule has 0 radical (unpaired) electrons. The molecule has 0 bridgehead atoms. The van der Waals surface area contributed by atoms with Gasteiger partial charge in [0.1, 0.15) is 0 Å². The van der Waals surface area contributed by atoms with E-state index in [-0.39, 0.29) is 11.9 Å². The van der Waals surface area contributed by atoms with Crippen molar-refractivity contribution in [3.63, 3.8) is 0 Å². The highest BCUT2D eigenvalue weighted by molar-refractivity contribution is 5.81. The molecule has 1 aliphatic rings. The van der Waals surface area contributed by atoms with Gasteiger partial charge in [-0.05, 0) is 59.7 Å². The van der Waals surface area contributed by atoms with Crippen LogP contribution in [0.15, 0.2) is 0 Å². The minimum absolute atomic E-state index is 0.0791. The summed E-state index contributed by atoms with van der Waals surface area (Å²) >= 11 is 0. The largest absolute Gasteiger partial charge is 0.345 e. The molecule has 1 heterocycles. The standard InChI is InChI=1S/C14H29N3O/c1-6-17(5)14(18)12(3)15-11(2)13-7-9-16(4)10-8-13/h11-13,15H,6-10H2,1-5H3. The van der Waals surface area contributed by atoms with Crippen LogP contribution in [-0.2, 0) is 4.79 Å². The van der Waals surface area contributed by atoms with Crippen LogP contribution in [0.3, 0.4) is 0 Å². The summed E-state index contributed by atoms with van der Waals surface area (Å²) in [5, 5.41) is 3.47. The summed E-state index contributed by atoms with van der Waals surface area (Å²) in [5.41, 5.74) is 0. The number of nitrogens with one attached hydrogen (secondary N) is 1. The summed E-state index contributed by atoms with van der Waals surface area (Å²) in [5.74, 6) is 0.890. The highest BCUT2D eigenvalue weighted by Gasteiger charge is 2.25. The van der Waals surface area contributed by atoms with Crippen molar-refractivity contribution >= 4 is 5.91 Å². The Morgan fingerprint density at radius 1 is 1.39 bits per heavy atom. The molecule has 1 rings (SSSR count). The first-order valence-electron chi connectivity index (χ1n) is 7.15. The summed E-state index contributed by atoms with van der Waals surface area (Å²) in [6, 6.07) is 0.340. The maximum atomic E-state index is 12.0. The Balaban J connectivity index is 2.39. The second kappa shape index (κ2) is 7.10. The summed E-state index contributed by atoms with van der Waals surface area (Å²) in [7, 11) is 4.04. The van der Waals surface area contributed by atoms with Gasteiger partial charge in [-0.2, -0.15) is 0 Å². The number of piperidine rings is 1. The lowest BCUT2D eigenvalue weighted by atomic mass is 9.90. The van der Waals surface area contributed by atoms with Gasteiger partial charge < -0.3 is 15.1 Å². The number of carbonyl (C=O) groups excluding carboxylic acids is 1. The molecule has 0 saturated carbocycles. The molecule has 0 spiro atoms. The van der Waals surface area contributed by atoms with Crippen molar-refractivity contribution in [2.75, 3.05) is 33.7 Å². The summed E-state index contributed by atoms with van der Waals surface area (Å²) in [6.45, 7) is 9.31. The molecule has 0 aromatic rings. The van der Waals surface area contributed by atoms with E-state index < -0.39 is 0 Å². The predicted octanol–water partition coefficient (Wildman–Crippen LogP) is 1.17. The van der Waals surface area contributed by atoms with Gasteiger partial charge in [0, 0.05) is 19.6 Å². The Kier molecular flexibility index (Phi) is 6.09. The molecule has 0 aliphatic carbocycles. The molecule has 0 aromatic heterocycles. The number of hydrogen-bond acceptors (Lipinski definition) is 3. The average Bonchev–Trinajstić information content (AvgIpc) is 2.37. The zero-order valence-corrected chi connectivity index (χ0v) is 12.6. The highest BCUT2D eigenvalue weighted by atomic mass is 16.2. The maximum absolute atomic E-state index is 12.0. The smallest absolute Gasteiger partial charge is 0.239 e. The zero-order valence-electron chi connectivity index (χ0n) is 12.6. The monoisotopic (exact) mass is 255 g/mol. The van der Waals surface area contributed by atoms with Gasteiger partial charge >= 0.3 is 0 Å². The van der Waals surface area contributed by atoms with E-state index in [2.05, 4.69) is 24.2 Å². The van der Waals surface area contributed by atoms with Gasteiger partial charge in [-0.25, -0.2) is 0 Å². The lowest BCUT2D eigenvalue weighted by Gasteiger charge is -2.34. The second-order valence-corrected chi connectivity index (χ2v) is 5.67. The molecular formula is C14H29N3O. The van der Waals surface area contributed by atoms with Crippen LogP contribution in [0.5, 0.6) is 0 Å². The van der Waals surface area contributed by atoms with Crippen molar-refractivity contribution in [1.29, 1.82) is 0 Å². The summed E-state index contributed by atoms with van der Waals surface area (Å²) < 4.78 is 0. The third kappa shape index (κ3) is 4.25. The number of likely N-dealkylation sites (tertiary alicyclic amines) is 1. The number of carbonyl (C=O) groups is 1. The van der Waals surface area contributed by atoms with Crippen molar-refractivity contribution in [2.24, 2.45) is 5.92 Å². The van der Waals surface area contributed by atoms with Crippen LogP contribution < -0.4 is 5.32 Å². The van der Waals surface area contributed by atoms with Crippen LogP contribution in [0.2, 0.25) is 0 Å². The van der Waals surface area contributed by atoms with Crippen LogP contribution in [-0.4, -0.2) is 61.5 Å². The Labute approximate surface area is 112 Å². The Hall–Kier alpha value is -0.610. The van der Waals surface area contributed by atoms with Gasteiger partial charge in [0.05, 0.1) is 6.04 Å². The van der Waals surface area contributed by atoms with Gasteiger partial charge in [0.2, 0.25) is 5.91 Å². The van der Waals surface area contributed by atoms with Crippen LogP contribution >= 0.6 is 0 Å². The fourth-order valence-corrected chi connectivity index (χ4v) is 2.62. The molecule has 1 N–H and O–H groups in total. The van der Waals surface area contributed by atoms with Gasteiger partial charge in [-0.1, -0.05) is 0 Å². The molecule has 0 aromatic carbocycles. The van der Waals surface area contributed by atoms with Gasteiger partial charge in [-0.15, -0.1) is 0 Å². The molecule has 4 nitrogen and oxygen atoms in total. The van der Waals surface area contributed by atoms with E-state index >= 15 is 0 Å². The molecule has 1 saturated heterocycles. The second-order valence-electron chi connectivity index (χ2n) is 5.67. The number of rotatable bonds is 5. The first-order valence-corrected chi connectivity index (χ1v) is 7.15. The van der Waals surface area contributed by atoms with Crippen molar-refractivity contribution in [1.82, 2.24) is 15.1 Å². The number of likely N-dealkylation sites (N-methyl/N-ethyl adjacent to an activating group) is 1. The average molecular weight is 255 g/mol. The van der Waals surface area contributed by atoms with Crippen LogP contribution in [0.1, 0.15) is 33.6 Å². The number of hydrogen-bond donors (Lipinski definition) is 1. The SMILES string of the molecule is CCN(C)C(=O)C(C)NC(C)C1CCN(C)CC1. The van der Waals surface area contributed by atoms with Gasteiger partial charge in [0.25, 0.3) is 0 Å². The molecule has 2 unspecified atom stereocenters. The Morgan fingerprint density at radius 3 is 2.44 bits per heavy atom. The fraction of sp³-hybridized carbons (Fsp3) is 0.929. The summed E-state index contributed by atoms with van der Waals surface area (Å²) in [6.07, 6.45) is 2.46. The van der Waals surface area contributed by atoms with Crippen molar-refractivity contribution in [2.45, 2.75) is 45.7 Å². The van der Waals surface area contributed by atoms with Crippen LogP contribution in [0.25, 0.3) is 0 Å². The van der Waals surface area contributed by atoms with Gasteiger partial charge in [-0.3, -0.25) is 4.79 Å². The first-order chi connectivity index (χ1) is 8.45. The molecule has 2 atom stereocenters. The van der Waals surface area contributed by atoms with E-state index in [0.29, 0.717) is 12.0 Å². The molecular weight excluding hydrogens is 226 g/mol. The maximum Gasteiger partial charge on any atom is 0.239 e. The van der Waals surface area contributed by atoms with Crippen LogP contribution in [0.4, 0.5) is 0 Å². The fourth-order valence-electron chi connectivity index (χ4n) is 2.62. The normalized spacial score (nSPS) is 21.6. The van der Waals surface area contributed by atoms with E-state index in [0.717, 1.165) is 6.54 Å². The van der Waals surface area contributed by atoms with E-state index in [1.165, 1.54) is 25.9 Å². The molecule has 4 heteroatoms. The van der Waals surface area contributed by atoms with E-state index in [1.54, 1.807) is 4.90 Å². The molecule has 1 fully saturated rings. The molecule has 18 heavy (non-hydrogen) atoms. The first kappa shape index (κ1) is 15.4. The topological polar surface area (TPSA) is 35.6 Å². The minimum atomic E-state index is -0.0791.